The summed E-state index contributed by atoms with van der Waals surface area (Å²) >= 11 is 1.67. The van der Waals surface area contributed by atoms with E-state index in [9.17, 15) is 4.79 Å². The summed E-state index contributed by atoms with van der Waals surface area (Å²) in [6.07, 6.45) is 4.78. The van der Waals surface area contributed by atoms with Crippen molar-refractivity contribution < 1.29 is 4.79 Å². The summed E-state index contributed by atoms with van der Waals surface area (Å²) in [5, 5.41) is 3.03. The number of carbonyl (C=O) groups excluding carboxylic acids is 1. The van der Waals surface area contributed by atoms with E-state index in [2.05, 4.69) is 18.3 Å². The third-order valence-corrected chi connectivity index (χ3v) is 5.62. The zero-order valence-corrected chi connectivity index (χ0v) is 13.4. The lowest BCUT2D eigenvalue weighted by molar-refractivity contribution is 0.103. The molecule has 2 nitrogen and oxygen atoms in total. The monoisotopic (exact) mass is 299 g/mol. The number of benzene rings is 1. The van der Waals surface area contributed by atoms with Gasteiger partial charge in [-0.1, -0.05) is 31.5 Å². The van der Waals surface area contributed by atoms with Crippen LogP contribution in [0.3, 0.4) is 0 Å². The SMILES string of the molecule is CC[C@@H]1CCc2sc(C(=O)Nc3ccccc3C)cc2C1. The average molecular weight is 299 g/mol. The highest BCUT2D eigenvalue weighted by atomic mass is 32.1. The highest BCUT2D eigenvalue weighted by Gasteiger charge is 2.22. The Morgan fingerprint density at radius 1 is 1.38 bits per heavy atom. The summed E-state index contributed by atoms with van der Waals surface area (Å²) in [5.41, 5.74) is 3.39. The summed E-state index contributed by atoms with van der Waals surface area (Å²) in [4.78, 5) is 14.7. The van der Waals surface area contributed by atoms with Crippen LogP contribution in [0.5, 0.6) is 0 Å². The molecule has 0 saturated heterocycles. The van der Waals surface area contributed by atoms with E-state index in [1.54, 1.807) is 11.3 Å². The summed E-state index contributed by atoms with van der Waals surface area (Å²) in [7, 11) is 0. The number of para-hydroxylation sites is 1. The predicted molar refractivity (Wildman–Crippen MR) is 89.3 cm³/mol. The number of hydrogen-bond donors (Lipinski definition) is 1. The number of hydrogen-bond acceptors (Lipinski definition) is 2. The van der Waals surface area contributed by atoms with Crippen LogP contribution in [0.15, 0.2) is 30.3 Å². The van der Waals surface area contributed by atoms with E-state index in [1.165, 1.54) is 23.3 Å². The molecule has 1 aliphatic rings. The Morgan fingerprint density at radius 3 is 2.95 bits per heavy atom. The Labute approximate surface area is 130 Å². The second kappa shape index (κ2) is 6.02. The molecule has 1 atom stereocenters. The van der Waals surface area contributed by atoms with Crippen molar-refractivity contribution in [1.29, 1.82) is 0 Å². The molecule has 1 amide bonds. The van der Waals surface area contributed by atoms with Crippen molar-refractivity contribution in [3.63, 3.8) is 0 Å². The van der Waals surface area contributed by atoms with Gasteiger partial charge in [0.15, 0.2) is 0 Å². The van der Waals surface area contributed by atoms with Crippen molar-refractivity contribution in [2.75, 3.05) is 5.32 Å². The van der Waals surface area contributed by atoms with Crippen LogP contribution in [-0.2, 0) is 12.8 Å². The van der Waals surface area contributed by atoms with Gasteiger partial charge in [0.25, 0.3) is 5.91 Å². The van der Waals surface area contributed by atoms with Gasteiger partial charge in [0, 0.05) is 10.6 Å². The fourth-order valence-electron chi connectivity index (χ4n) is 2.96. The van der Waals surface area contributed by atoms with E-state index in [0.717, 1.165) is 34.9 Å². The van der Waals surface area contributed by atoms with Crippen molar-refractivity contribution >= 4 is 22.9 Å². The molecule has 0 radical (unpaired) electrons. The van der Waals surface area contributed by atoms with Gasteiger partial charge < -0.3 is 5.32 Å². The van der Waals surface area contributed by atoms with Crippen molar-refractivity contribution in [1.82, 2.24) is 0 Å². The largest absolute Gasteiger partial charge is 0.321 e. The number of nitrogens with one attached hydrogen (secondary N) is 1. The number of anilines is 1. The molecule has 0 fully saturated rings. The maximum absolute atomic E-state index is 12.4. The normalized spacial score (nSPS) is 17.3. The second-order valence-corrected chi connectivity index (χ2v) is 6.98. The smallest absolute Gasteiger partial charge is 0.265 e. The third-order valence-electron chi connectivity index (χ3n) is 4.38. The molecule has 1 aliphatic carbocycles. The molecule has 21 heavy (non-hydrogen) atoms. The molecule has 0 aliphatic heterocycles. The second-order valence-electron chi connectivity index (χ2n) is 5.85. The first-order valence-corrected chi connectivity index (χ1v) is 8.47. The van der Waals surface area contributed by atoms with E-state index in [0.29, 0.717) is 0 Å². The number of carbonyl (C=O) groups is 1. The number of fused-ring (bicyclic) bond motifs is 1. The van der Waals surface area contributed by atoms with Crippen LogP contribution in [0.2, 0.25) is 0 Å². The van der Waals surface area contributed by atoms with Gasteiger partial charge in [0.1, 0.15) is 0 Å². The quantitative estimate of drug-likeness (QED) is 0.864. The van der Waals surface area contributed by atoms with Crippen LogP contribution in [0.4, 0.5) is 5.69 Å². The minimum absolute atomic E-state index is 0.0248. The molecule has 1 heterocycles. The minimum Gasteiger partial charge on any atom is -0.321 e. The van der Waals surface area contributed by atoms with E-state index >= 15 is 0 Å². The van der Waals surface area contributed by atoms with E-state index in [4.69, 9.17) is 0 Å². The van der Waals surface area contributed by atoms with Crippen LogP contribution in [0, 0.1) is 12.8 Å². The first-order chi connectivity index (χ1) is 10.2. The number of aryl methyl sites for hydroxylation is 2. The van der Waals surface area contributed by atoms with Crippen LogP contribution in [0.1, 0.15) is 45.4 Å². The van der Waals surface area contributed by atoms with Crippen LogP contribution < -0.4 is 5.32 Å². The van der Waals surface area contributed by atoms with Crippen molar-refractivity contribution in [3.8, 4) is 0 Å². The maximum Gasteiger partial charge on any atom is 0.265 e. The molecule has 1 aromatic heterocycles. The fraction of sp³-hybridized carbons (Fsp3) is 0.389. The molecule has 0 unspecified atom stereocenters. The van der Waals surface area contributed by atoms with Crippen LogP contribution in [-0.4, -0.2) is 5.91 Å². The van der Waals surface area contributed by atoms with Gasteiger partial charge in [-0.05, 0) is 55.4 Å². The van der Waals surface area contributed by atoms with Crippen molar-refractivity contribution in [2.45, 2.75) is 39.5 Å². The van der Waals surface area contributed by atoms with E-state index in [-0.39, 0.29) is 5.91 Å². The first kappa shape index (κ1) is 14.3. The molecular weight excluding hydrogens is 278 g/mol. The van der Waals surface area contributed by atoms with Crippen LogP contribution in [0.25, 0.3) is 0 Å². The molecule has 3 heteroatoms. The van der Waals surface area contributed by atoms with E-state index in [1.807, 2.05) is 31.2 Å². The predicted octanol–water partition coefficient (Wildman–Crippen LogP) is 4.82. The Morgan fingerprint density at radius 2 is 2.19 bits per heavy atom. The Hall–Kier alpha value is -1.61. The zero-order valence-electron chi connectivity index (χ0n) is 12.6. The van der Waals surface area contributed by atoms with Gasteiger partial charge in [-0.3, -0.25) is 4.79 Å². The topological polar surface area (TPSA) is 29.1 Å². The highest BCUT2D eigenvalue weighted by molar-refractivity contribution is 7.14. The molecule has 0 bridgehead atoms. The standard InChI is InChI=1S/C18H21NOS/c1-3-13-8-9-16-14(10-13)11-17(21-16)18(20)19-15-7-5-4-6-12(15)2/h4-7,11,13H,3,8-10H2,1-2H3,(H,19,20)/t13-/m1/s1. The first-order valence-electron chi connectivity index (χ1n) is 7.66. The molecule has 0 spiro atoms. The zero-order chi connectivity index (χ0) is 14.8. The number of thiophene rings is 1. The lowest BCUT2D eigenvalue weighted by Gasteiger charge is -2.19. The molecule has 1 N–H and O–H groups in total. The molecular formula is C18H21NOS. The third kappa shape index (κ3) is 3.03. The molecule has 1 aromatic carbocycles. The molecule has 3 rings (SSSR count). The summed E-state index contributed by atoms with van der Waals surface area (Å²) in [5.74, 6) is 0.816. The lowest BCUT2D eigenvalue weighted by Crippen LogP contribution is -2.11. The van der Waals surface area contributed by atoms with Gasteiger partial charge in [0.2, 0.25) is 0 Å². The van der Waals surface area contributed by atoms with Gasteiger partial charge in [-0.15, -0.1) is 11.3 Å². The van der Waals surface area contributed by atoms with Crippen LogP contribution >= 0.6 is 11.3 Å². The number of amides is 1. The fourth-order valence-corrected chi connectivity index (χ4v) is 4.06. The molecule has 110 valence electrons. The maximum atomic E-state index is 12.4. The number of rotatable bonds is 3. The Balaban J connectivity index is 1.77. The molecule has 2 aromatic rings. The van der Waals surface area contributed by atoms with E-state index < -0.39 is 0 Å². The van der Waals surface area contributed by atoms with Gasteiger partial charge in [-0.2, -0.15) is 0 Å². The van der Waals surface area contributed by atoms with Crippen molar-refractivity contribution in [2.24, 2.45) is 5.92 Å². The highest BCUT2D eigenvalue weighted by Crippen LogP contribution is 2.33. The van der Waals surface area contributed by atoms with Crippen molar-refractivity contribution in [3.05, 3.63) is 51.2 Å². The van der Waals surface area contributed by atoms with Gasteiger partial charge in [-0.25, -0.2) is 0 Å². The average Bonchev–Trinajstić information content (AvgIpc) is 2.92. The Bertz CT molecular complexity index is 659. The minimum atomic E-state index is 0.0248. The summed E-state index contributed by atoms with van der Waals surface area (Å²) in [6, 6.07) is 10.0. The summed E-state index contributed by atoms with van der Waals surface area (Å²) in [6.45, 7) is 4.27. The lowest BCUT2D eigenvalue weighted by atomic mass is 9.87. The van der Waals surface area contributed by atoms with Gasteiger partial charge in [0.05, 0.1) is 4.88 Å². The summed E-state index contributed by atoms with van der Waals surface area (Å²) < 4.78 is 0. The van der Waals surface area contributed by atoms with Gasteiger partial charge >= 0.3 is 0 Å². The Kier molecular flexibility index (Phi) is 4.11. The molecule has 0 saturated carbocycles.